The molecule has 0 spiro atoms. The van der Waals surface area contributed by atoms with Crippen LogP contribution in [-0.4, -0.2) is 26.4 Å². The van der Waals surface area contributed by atoms with Crippen LogP contribution in [-0.2, 0) is 0 Å². The van der Waals surface area contributed by atoms with Crippen LogP contribution in [0.2, 0.25) is 0 Å². The lowest BCUT2D eigenvalue weighted by atomic mass is 9.59. The van der Waals surface area contributed by atoms with Crippen molar-refractivity contribution in [3.05, 3.63) is 35.4 Å². The number of allylic oxidation sites excluding steroid dienone is 2. The van der Waals surface area contributed by atoms with E-state index >= 15 is 0 Å². The normalized spacial score (nSPS) is 26.1. The van der Waals surface area contributed by atoms with Crippen molar-refractivity contribution in [1.82, 2.24) is 20.2 Å². The van der Waals surface area contributed by atoms with Crippen LogP contribution >= 0.6 is 0 Å². The second kappa shape index (κ2) is 7.18. The molecule has 2 heterocycles. The molecule has 1 fully saturated rings. The maximum Gasteiger partial charge on any atom is 0.265 e. The summed E-state index contributed by atoms with van der Waals surface area (Å²) in [6, 6.07) is 6.24. The van der Waals surface area contributed by atoms with Crippen LogP contribution in [0.3, 0.4) is 0 Å². The highest BCUT2D eigenvalue weighted by molar-refractivity contribution is 6.03. The first-order valence-corrected chi connectivity index (χ1v) is 11.0. The first-order chi connectivity index (χ1) is 14.4. The molecule has 0 aliphatic heterocycles. The zero-order chi connectivity index (χ0) is 20.9. The fourth-order valence-electron chi connectivity index (χ4n) is 5.30. The Balaban J connectivity index is 1.33. The summed E-state index contributed by atoms with van der Waals surface area (Å²) in [7, 11) is 0. The summed E-state index contributed by atoms with van der Waals surface area (Å²) in [6.07, 6.45) is 9.42. The van der Waals surface area contributed by atoms with E-state index in [0.29, 0.717) is 29.1 Å². The van der Waals surface area contributed by atoms with Crippen molar-refractivity contribution in [2.45, 2.75) is 53.4 Å². The smallest absolute Gasteiger partial charge is 0.265 e. The predicted molar refractivity (Wildman–Crippen MR) is 123 cm³/mol. The molecule has 2 aromatic heterocycles. The Hall–Kier alpha value is -2.76. The van der Waals surface area contributed by atoms with E-state index in [-0.39, 0.29) is 0 Å². The lowest BCUT2D eigenvalue weighted by molar-refractivity contribution is 0.149. The van der Waals surface area contributed by atoms with Gasteiger partial charge >= 0.3 is 0 Å². The molecular formula is C24H30N6. The monoisotopic (exact) mass is 402 g/mol. The number of aryl methyl sites for hydroxylation is 1. The summed E-state index contributed by atoms with van der Waals surface area (Å²) < 4.78 is 0. The lowest BCUT2D eigenvalue weighted by Crippen LogP contribution is -2.36. The molecule has 0 saturated heterocycles. The van der Waals surface area contributed by atoms with Crippen LogP contribution in [0.25, 0.3) is 22.1 Å². The first-order valence-electron chi connectivity index (χ1n) is 11.0. The highest BCUT2D eigenvalue weighted by atomic mass is 15.4. The number of benzene rings is 1. The van der Waals surface area contributed by atoms with E-state index in [9.17, 15) is 0 Å². The zero-order valence-electron chi connectivity index (χ0n) is 18.2. The average Bonchev–Trinajstić information content (AvgIpc) is 3.05. The van der Waals surface area contributed by atoms with Gasteiger partial charge in [-0.05, 0) is 67.9 Å². The lowest BCUT2D eigenvalue weighted by Gasteiger charge is -2.46. The molecule has 6 nitrogen and oxygen atoms in total. The number of hydrazone groups is 1. The molecule has 0 unspecified atom stereocenters. The minimum Gasteiger partial charge on any atom is -0.338 e. The second-order valence-corrected chi connectivity index (χ2v) is 9.84. The molecule has 3 atom stereocenters. The van der Waals surface area contributed by atoms with Gasteiger partial charge in [0.25, 0.3) is 5.95 Å². The Kier molecular flexibility index (Phi) is 4.60. The summed E-state index contributed by atoms with van der Waals surface area (Å²) in [4.78, 5) is 7.89. The first kappa shape index (κ1) is 19.2. The maximum atomic E-state index is 4.57. The van der Waals surface area contributed by atoms with Crippen LogP contribution in [0.1, 0.15) is 52.0 Å². The minimum absolute atomic E-state index is 0.385. The fourth-order valence-corrected chi connectivity index (χ4v) is 5.30. The van der Waals surface area contributed by atoms with Gasteiger partial charge in [0, 0.05) is 17.1 Å². The number of aromatic amines is 1. The van der Waals surface area contributed by atoms with Gasteiger partial charge in [-0.3, -0.25) is 0 Å². The molecule has 0 radical (unpaired) electrons. The topological polar surface area (TPSA) is 78.9 Å². The van der Waals surface area contributed by atoms with E-state index in [1.807, 2.05) is 0 Å². The molecule has 0 bridgehead atoms. The number of nitrogens with zero attached hydrogens (tertiary/aromatic N) is 4. The van der Waals surface area contributed by atoms with E-state index in [1.165, 1.54) is 31.2 Å². The molecule has 2 N–H and O–H groups in total. The van der Waals surface area contributed by atoms with Crippen molar-refractivity contribution in [2.24, 2.45) is 28.3 Å². The maximum absolute atomic E-state index is 4.57. The van der Waals surface area contributed by atoms with E-state index < -0.39 is 0 Å². The molecule has 156 valence electrons. The summed E-state index contributed by atoms with van der Waals surface area (Å²) in [5, 5.41) is 14.2. The van der Waals surface area contributed by atoms with Gasteiger partial charge in [-0.15, -0.1) is 10.2 Å². The van der Waals surface area contributed by atoms with Crippen LogP contribution in [0.5, 0.6) is 0 Å². The molecule has 2 aliphatic carbocycles. The molecule has 1 aromatic carbocycles. The van der Waals surface area contributed by atoms with Crippen LogP contribution in [0.4, 0.5) is 5.95 Å². The SMILES string of the molecule is Cc1ccc2[nH]c3nc(NN=C[C@@H]4C[C@H]5C(=CCCC5(C)C)C[C@@H]4C)nnc3c2c1. The Labute approximate surface area is 177 Å². The van der Waals surface area contributed by atoms with Gasteiger partial charge in [-0.2, -0.15) is 10.1 Å². The molecule has 2 aliphatic rings. The number of hydrogen-bond donors (Lipinski definition) is 2. The third kappa shape index (κ3) is 3.38. The largest absolute Gasteiger partial charge is 0.338 e. The van der Waals surface area contributed by atoms with E-state index in [2.05, 4.69) is 88.9 Å². The summed E-state index contributed by atoms with van der Waals surface area (Å²) >= 11 is 0. The Morgan fingerprint density at radius 3 is 3.00 bits per heavy atom. The Bertz CT molecular complexity index is 1160. The molecule has 3 aromatic rings. The number of anilines is 1. The zero-order valence-corrected chi connectivity index (χ0v) is 18.2. The molecule has 30 heavy (non-hydrogen) atoms. The molecular weight excluding hydrogens is 372 g/mol. The standard InChI is InChI=1S/C24H30N6/c1-14-7-8-20-18(10-14)21-22(26-20)27-23(30-28-21)29-25-13-17-12-19-16(11-15(17)2)6-5-9-24(19,3)4/h6-8,10,13,15,17,19H,5,9,11-12H2,1-4H3,(H2,26,27,29,30)/t15-,17-,19-/m0/s1. The van der Waals surface area contributed by atoms with Gasteiger partial charge in [0.15, 0.2) is 5.65 Å². The van der Waals surface area contributed by atoms with Crippen molar-refractivity contribution >= 4 is 34.2 Å². The summed E-state index contributed by atoms with van der Waals surface area (Å²) in [5.74, 6) is 2.15. The van der Waals surface area contributed by atoms with Crippen molar-refractivity contribution < 1.29 is 0 Å². The molecule has 6 heteroatoms. The summed E-state index contributed by atoms with van der Waals surface area (Å²) in [6.45, 7) is 9.25. The third-order valence-electron chi connectivity index (χ3n) is 7.18. The van der Waals surface area contributed by atoms with E-state index in [1.54, 1.807) is 5.57 Å². The number of hydrogen-bond acceptors (Lipinski definition) is 5. The van der Waals surface area contributed by atoms with Crippen molar-refractivity contribution in [2.75, 3.05) is 5.43 Å². The number of rotatable bonds is 3. The van der Waals surface area contributed by atoms with Gasteiger partial charge in [0.2, 0.25) is 0 Å². The van der Waals surface area contributed by atoms with Crippen LogP contribution < -0.4 is 5.43 Å². The number of nitrogens with one attached hydrogen (secondary N) is 2. The van der Waals surface area contributed by atoms with E-state index in [0.717, 1.165) is 22.1 Å². The number of aromatic nitrogens is 4. The van der Waals surface area contributed by atoms with Gasteiger partial charge in [-0.25, -0.2) is 5.43 Å². The van der Waals surface area contributed by atoms with Crippen molar-refractivity contribution in [3.8, 4) is 0 Å². The highest BCUT2D eigenvalue weighted by Crippen LogP contribution is 2.50. The molecule has 1 saturated carbocycles. The Morgan fingerprint density at radius 1 is 1.27 bits per heavy atom. The quantitative estimate of drug-likeness (QED) is 0.338. The fraction of sp³-hybridized carbons (Fsp3) is 0.500. The second-order valence-electron chi connectivity index (χ2n) is 9.84. The summed E-state index contributed by atoms with van der Waals surface area (Å²) in [5.41, 5.74) is 8.80. The number of fused-ring (bicyclic) bond motifs is 4. The van der Waals surface area contributed by atoms with Gasteiger partial charge in [0.1, 0.15) is 5.52 Å². The van der Waals surface area contributed by atoms with Gasteiger partial charge in [0.05, 0.1) is 0 Å². The van der Waals surface area contributed by atoms with E-state index in [4.69, 9.17) is 0 Å². The third-order valence-corrected chi connectivity index (χ3v) is 7.18. The average molecular weight is 403 g/mol. The van der Waals surface area contributed by atoms with Crippen LogP contribution in [0.15, 0.2) is 34.9 Å². The van der Waals surface area contributed by atoms with Crippen molar-refractivity contribution in [1.29, 1.82) is 0 Å². The van der Waals surface area contributed by atoms with Gasteiger partial charge in [-0.1, -0.05) is 44.1 Å². The Morgan fingerprint density at radius 2 is 2.13 bits per heavy atom. The molecule has 0 amide bonds. The predicted octanol–water partition coefficient (Wildman–Crippen LogP) is 5.62. The van der Waals surface area contributed by atoms with Gasteiger partial charge < -0.3 is 4.98 Å². The van der Waals surface area contributed by atoms with Crippen molar-refractivity contribution in [3.63, 3.8) is 0 Å². The highest BCUT2D eigenvalue weighted by Gasteiger charge is 2.40. The molecule has 5 rings (SSSR count). The minimum atomic E-state index is 0.385. The number of H-pyrrole nitrogens is 1. The van der Waals surface area contributed by atoms with Crippen LogP contribution in [0, 0.1) is 30.1 Å².